The summed E-state index contributed by atoms with van der Waals surface area (Å²) in [5, 5.41) is 9.42. The minimum atomic E-state index is 0.368. The summed E-state index contributed by atoms with van der Waals surface area (Å²) in [6.07, 6.45) is 0. The molecule has 2 heterocycles. The van der Waals surface area contributed by atoms with E-state index in [-0.39, 0.29) is 0 Å². The SMILES string of the molecule is ClCc1nnc(-c2cc(Cl)sc2Cl)s1. The van der Waals surface area contributed by atoms with Crippen molar-refractivity contribution >= 4 is 57.5 Å². The third kappa shape index (κ3) is 2.04. The number of thiophene rings is 1. The first-order chi connectivity index (χ1) is 6.70. The number of nitrogens with zero attached hydrogens (tertiary/aromatic N) is 2. The summed E-state index contributed by atoms with van der Waals surface area (Å²) in [6.45, 7) is 0. The van der Waals surface area contributed by atoms with E-state index in [9.17, 15) is 0 Å². The molecule has 0 aliphatic heterocycles. The van der Waals surface area contributed by atoms with Gasteiger partial charge in [0, 0.05) is 5.56 Å². The summed E-state index contributed by atoms with van der Waals surface area (Å²) >= 11 is 20.2. The highest BCUT2D eigenvalue weighted by Gasteiger charge is 2.12. The molecule has 2 aromatic heterocycles. The van der Waals surface area contributed by atoms with Gasteiger partial charge in [-0.25, -0.2) is 0 Å². The van der Waals surface area contributed by atoms with Gasteiger partial charge in [0.2, 0.25) is 0 Å². The van der Waals surface area contributed by atoms with Gasteiger partial charge in [-0.2, -0.15) is 0 Å². The van der Waals surface area contributed by atoms with Crippen LogP contribution in [0, 0.1) is 0 Å². The van der Waals surface area contributed by atoms with Crippen molar-refractivity contribution in [1.82, 2.24) is 10.2 Å². The molecule has 0 N–H and O–H groups in total. The van der Waals surface area contributed by atoms with Gasteiger partial charge in [0.05, 0.1) is 10.2 Å². The van der Waals surface area contributed by atoms with Crippen molar-refractivity contribution in [3.8, 4) is 10.6 Å². The van der Waals surface area contributed by atoms with Gasteiger partial charge in [0.15, 0.2) is 0 Å². The van der Waals surface area contributed by atoms with E-state index in [0.29, 0.717) is 14.6 Å². The van der Waals surface area contributed by atoms with Crippen molar-refractivity contribution < 1.29 is 0 Å². The Morgan fingerprint density at radius 1 is 1.21 bits per heavy atom. The Morgan fingerprint density at radius 2 is 2.00 bits per heavy atom. The largest absolute Gasteiger partial charge is 0.150 e. The first-order valence-corrected chi connectivity index (χ1v) is 6.46. The molecular formula is C7H3Cl3N2S2. The number of halogens is 3. The molecule has 0 fully saturated rings. The average Bonchev–Trinajstić information content (AvgIpc) is 2.71. The Balaban J connectivity index is 2.43. The van der Waals surface area contributed by atoms with Gasteiger partial charge in [-0.1, -0.05) is 34.5 Å². The minimum Gasteiger partial charge on any atom is -0.142 e. The van der Waals surface area contributed by atoms with Crippen LogP contribution in [0.3, 0.4) is 0 Å². The van der Waals surface area contributed by atoms with Crippen LogP contribution in [0.2, 0.25) is 8.67 Å². The fourth-order valence-electron chi connectivity index (χ4n) is 0.903. The van der Waals surface area contributed by atoms with Crippen LogP contribution in [0.15, 0.2) is 6.07 Å². The predicted molar refractivity (Wildman–Crippen MR) is 62.8 cm³/mol. The van der Waals surface area contributed by atoms with Crippen LogP contribution in [0.5, 0.6) is 0 Å². The van der Waals surface area contributed by atoms with Crippen molar-refractivity contribution in [2.45, 2.75) is 5.88 Å². The van der Waals surface area contributed by atoms with Crippen LogP contribution in [0.1, 0.15) is 5.01 Å². The molecule has 0 amide bonds. The van der Waals surface area contributed by atoms with Crippen LogP contribution in [-0.4, -0.2) is 10.2 Å². The van der Waals surface area contributed by atoms with Crippen LogP contribution < -0.4 is 0 Å². The number of hydrogen-bond acceptors (Lipinski definition) is 4. The van der Waals surface area contributed by atoms with E-state index in [1.165, 1.54) is 22.7 Å². The van der Waals surface area contributed by atoms with E-state index in [4.69, 9.17) is 34.8 Å². The third-order valence-corrected chi connectivity index (χ3v) is 4.32. The minimum absolute atomic E-state index is 0.368. The van der Waals surface area contributed by atoms with E-state index < -0.39 is 0 Å². The normalized spacial score (nSPS) is 10.8. The number of hydrogen-bond donors (Lipinski definition) is 0. The fraction of sp³-hybridized carbons (Fsp3) is 0.143. The molecule has 74 valence electrons. The maximum absolute atomic E-state index is 5.97. The topological polar surface area (TPSA) is 25.8 Å². The fourth-order valence-corrected chi connectivity index (χ4v) is 3.42. The average molecular weight is 286 g/mol. The molecule has 2 nitrogen and oxygen atoms in total. The summed E-state index contributed by atoms with van der Waals surface area (Å²) < 4.78 is 1.28. The van der Waals surface area contributed by atoms with Gasteiger partial charge in [-0.15, -0.1) is 33.1 Å². The van der Waals surface area contributed by atoms with E-state index >= 15 is 0 Å². The Kier molecular flexibility index (Phi) is 3.29. The Morgan fingerprint density at radius 3 is 2.50 bits per heavy atom. The first-order valence-electron chi connectivity index (χ1n) is 3.54. The monoisotopic (exact) mass is 284 g/mol. The highest BCUT2D eigenvalue weighted by atomic mass is 35.5. The van der Waals surface area contributed by atoms with E-state index in [1.54, 1.807) is 6.07 Å². The third-order valence-electron chi connectivity index (χ3n) is 1.47. The molecule has 0 atom stereocenters. The zero-order valence-electron chi connectivity index (χ0n) is 6.63. The summed E-state index contributed by atoms with van der Waals surface area (Å²) in [6, 6.07) is 1.78. The lowest BCUT2D eigenvalue weighted by Gasteiger charge is -1.87. The second-order valence-corrected chi connectivity index (χ2v) is 5.99. The van der Waals surface area contributed by atoms with Crippen molar-refractivity contribution in [3.05, 3.63) is 19.7 Å². The van der Waals surface area contributed by atoms with Crippen LogP contribution in [-0.2, 0) is 5.88 Å². The van der Waals surface area contributed by atoms with Gasteiger partial charge < -0.3 is 0 Å². The summed E-state index contributed by atoms with van der Waals surface area (Å²) in [5.41, 5.74) is 0.829. The zero-order chi connectivity index (χ0) is 10.1. The van der Waals surface area contributed by atoms with E-state index in [0.717, 1.165) is 15.6 Å². The van der Waals surface area contributed by atoms with Gasteiger partial charge in [0.1, 0.15) is 14.4 Å². The molecule has 0 saturated heterocycles. The van der Waals surface area contributed by atoms with Gasteiger partial charge in [-0.3, -0.25) is 0 Å². The molecular weight excluding hydrogens is 283 g/mol. The Hall–Kier alpha value is 0.130. The maximum Gasteiger partial charge on any atom is 0.150 e. The Bertz CT molecular complexity index is 451. The molecule has 0 aromatic carbocycles. The van der Waals surface area contributed by atoms with Crippen LogP contribution in [0.25, 0.3) is 10.6 Å². The van der Waals surface area contributed by atoms with Crippen molar-refractivity contribution in [1.29, 1.82) is 0 Å². The second kappa shape index (κ2) is 4.33. The highest BCUT2D eigenvalue weighted by Crippen LogP contribution is 2.39. The van der Waals surface area contributed by atoms with Crippen LogP contribution in [0.4, 0.5) is 0 Å². The highest BCUT2D eigenvalue weighted by molar-refractivity contribution is 7.21. The summed E-state index contributed by atoms with van der Waals surface area (Å²) in [7, 11) is 0. The number of alkyl halides is 1. The molecule has 0 radical (unpaired) electrons. The summed E-state index contributed by atoms with van der Waals surface area (Å²) in [4.78, 5) is 0. The quantitative estimate of drug-likeness (QED) is 0.768. The van der Waals surface area contributed by atoms with Crippen LogP contribution >= 0.6 is 57.5 Å². The molecule has 0 unspecified atom stereocenters. The van der Waals surface area contributed by atoms with Crippen molar-refractivity contribution in [3.63, 3.8) is 0 Å². The van der Waals surface area contributed by atoms with Crippen molar-refractivity contribution in [2.24, 2.45) is 0 Å². The molecule has 0 saturated carbocycles. The molecule has 14 heavy (non-hydrogen) atoms. The van der Waals surface area contributed by atoms with Gasteiger partial charge >= 0.3 is 0 Å². The van der Waals surface area contributed by atoms with Gasteiger partial charge in [-0.05, 0) is 6.07 Å². The lowest BCUT2D eigenvalue weighted by molar-refractivity contribution is 1.04. The molecule has 0 aliphatic carbocycles. The molecule has 2 rings (SSSR count). The first kappa shape index (κ1) is 10.6. The predicted octanol–water partition coefficient (Wildman–Crippen LogP) is 4.31. The zero-order valence-corrected chi connectivity index (χ0v) is 10.5. The smallest absolute Gasteiger partial charge is 0.142 e. The van der Waals surface area contributed by atoms with E-state index in [1.807, 2.05) is 0 Å². The van der Waals surface area contributed by atoms with E-state index in [2.05, 4.69) is 10.2 Å². The summed E-state index contributed by atoms with van der Waals surface area (Å²) in [5.74, 6) is 0.368. The second-order valence-electron chi connectivity index (χ2n) is 2.37. The lowest BCUT2D eigenvalue weighted by Crippen LogP contribution is -1.74. The molecule has 7 heteroatoms. The maximum atomic E-state index is 5.97. The molecule has 0 aliphatic rings. The standard InChI is InChI=1S/C7H3Cl3N2S2/c8-2-5-11-12-7(14-5)3-1-4(9)13-6(3)10/h1H,2H2. The molecule has 0 bridgehead atoms. The van der Waals surface area contributed by atoms with Gasteiger partial charge in [0.25, 0.3) is 0 Å². The molecule has 2 aromatic rings. The number of rotatable bonds is 2. The number of aromatic nitrogens is 2. The lowest BCUT2D eigenvalue weighted by atomic mass is 10.4. The molecule has 0 spiro atoms. The Labute approximate surface area is 103 Å². The van der Waals surface area contributed by atoms with Crippen molar-refractivity contribution in [2.75, 3.05) is 0 Å².